The van der Waals surface area contributed by atoms with E-state index < -0.39 is 0 Å². The number of hydrogen-bond acceptors (Lipinski definition) is 7. The van der Waals surface area contributed by atoms with E-state index in [1.165, 1.54) is 7.11 Å². The van der Waals surface area contributed by atoms with Crippen LogP contribution in [0.2, 0.25) is 0 Å². The van der Waals surface area contributed by atoms with Crippen LogP contribution in [0.1, 0.15) is 29.8 Å². The first-order valence-electron chi connectivity index (χ1n) is 11.8. The summed E-state index contributed by atoms with van der Waals surface area (Å²) in [6.45, 7) is 6.52. The maximum absolute atomic E-state index is 13.3. The van der Waals surface area contributed by atoms with E-state index in [-0.39, 0.29) is 36.5 Å². The molecule has 2 aromatic rings. The molecule has 0 fully saturated rings. The van der Waals surface area contributed by atoms with E-state index in [0.717, 1.165) is 18.7 Å². The quantitative estimate of drug-likeness (QED) is 0.674. The molecular formula is C26H36N4O5. The summed E-state index contributed by atoms with van der Waals surface area (Å²) in [6.07, 6.45) is 3.46. The van der Waals surface area contributed by atoms with Gasteiger partial charge in [-0.05, 0) is 42.7 Å². The topological polar surface area (TPSA) is 93.2 Å². The maximum Gasteiger partial charge on any atom is 0.257 e. The predicted octanol–water partition coefficient (Wildman–Crippen LogP) is 2.67. The van der Waals surface area contributed by atoms with E-state index in [0.29, 0.717) is 30.2 Å². The first-order chi connectivity index (χ1) is 16.8. The molecule has 1 aliphatic heterocycles. The number of benzene rings is 1. The summed E-state index contributed by atoms with van der Waals surface area (Å²) in [5.74, 6) is 0.163. The zero-order valence-corrected chi connectivity index (χ0v) is 21.2. The van der Waals surface area contributed by atoms with E-state index in [1.54, 1.807) is 49.7 Å². The Labute approximate surface area is 207 Å². The normalized spacial score (nSPS) is 21.9. The summed E-state index contributed by atoms with van der Waals surface area (Å²) in [5, 5.41) is 2.77. The van der Waals surface area contributed by atoms with Gasteiger partial charge in [0.2, 0.25) is 5.91 Å². The van der Waals surface area contributed by atoms with E-state index in [9.17, 15) is 9.59 Å². The molecule has 3 rings (SSSR count). The van der Waals surface area contributed by atoms with Crippen LogP contribution in [0.5, 0.6) is 5.75 Å². The van der Waals surface area contributed by atoms with Crippen molar-refractivity contribution in [2.75, 3.05) is 52.9 Å². The average Bonchev–Trinajstić information content (AvgIpc) is 2.85. The van der Waals surface area contributed by atoms with Gasteiger partial charge in [0.15, 0.2) is 0 Å². The number of pyridine rings is 1. The molecule has 0 unspecified atom stereocenters. The first kappa shape index (κ1) is 26.6. The van der Waals surface area contributed by atoms with Crippen LogP contribution >= 0.6 is 0 Å². The Morgan fingerprint density at radius 3 is 2.60 bits per heavy atom. The lowest BCUT2D eigenvalue weighted by Crippen LogP contribution is -2.46. The van der Waals surface area contributed by atoms with Gasteiger partial charge in [0, 0.05) is 71.1 Å². The third kappa shape index (κ3) is 7.24. The van der Waals surface area contributed by atoms with Gasteiger partial charge >= 0.3 is 0 Å². The van der Waals surface area contributed by atoms with Gasteiger partial charge in [0.1, 0.15) is 19.0 Å². The lowest BCUT2D eigenvalue weighted by atomic mass is 10.0. The third-order valence-electron chi connectivity index (χ3n) is 6.27. The molecule has 1 aromatic carbocycles. The minimum Gasteiger partial charge on any atom is -0.491 e. The summed E-state index contributed by atoms with van der Waals surface area (Å²) < 4.78 is 16.9. The molecule has 190 valence electrons. The molecule has 9 heteroatoms. The molecule has 0 saturated carbocycles. The van der Waals surface area contributed by atoms with Gasteiger partial charge in [-0.1, -0.05) is 6.92 Å². The first-order valence-corrected chi connectivity index (χ1v) is 11.8. The number of amides is 2. The van der Waals surface area contributed by atoms with Crippen molar-refractivity contribution in [3.8, 4) is 5.75 Å². The molecule has 1 N–H and O–H groups in total. The van der Waals surface area contributed by atoms with Crippen molar-refractivity contribution in [2.45, 2.75) is 32.5 Å². The summed E-state index contributed by atoms with van der Waals surface area (Å²) in [6, 6.07) is 9.15. The summed E-state index contributed by atoms with van der Waals surface area (Å²) in [4.78, 5) is 33.5. The van der Waals surface area contributed by atoms with E-state index >= 15 is 0 Å². The van der Waals surface area contributed by atoms with Crippen molar-refractivity contribution in [3.05, 3.63) is 53.9 Å². The molecule has 9 nitrogen and oxygen atoms in total. The molecule has 1 aromatic heterocycles. The van der Waals surface area contributed by atoms with Gasteiger partial charge < -0.3 is 24.4 Å². The second-order valence-corrected chi connectivity index (χ2v) is 9.07. The number of carbonyl (C=O) groups excluding carboxylic acids is 2. The number of rotatable bonds is 6. The number of hydrogen-bond donors (Lipinski definition) is 1. The number of ether oxygens (including phenoxy) is 3. The van der Waals surface area contributed by atoms with Crippen molar-refractivity contribution >= 4 is 17.5 Å². The highest BCUT2D eigenvalue weighted by molar-refractivity contribution is 5.98. The van der Waals surface area contributed by atoms with Gasteiger partial charge in [0.05, 0.1) is 11.7 Å². The smallest absolute Gasteiger partial charge is 0.257 e. The number of aromatic nitrogens is 1. The van der Waals surface area contributed by atoms with Crippen LogP contribution in [0.4, 0.5) is 5.69 Å². The van der Waals surface area contributed by atoms with Crippen molar-refractivity contribution in [1.82, 2.24) is 14.8 Å². The minimum absolute atomic E-state index is 0.0509. The second kappa shape index (κ2) is 12.6. The number of nitrogens with one attached hydrogen (secondary N) is 1. The lowest BCUT2D eigenvalue weighted by Gasteiger charge is -2.36. The van der Waals surface area contributed by atoms with Crippen LogP contribution in [0, 0.1) is 5.92 Å². The third-order valence-corrected chi connectivity index (χ3v) is 6.27. The molecule has 2 heterocycles. The average molecular weight is 485 g/mol. The van der Waals surface area contributed by atoms with E-state index in [1.807, 2.05) is 12.1 Å². The molecule has 1 aliphatic rings. The van der Waals surface area contributed by atoms with Crippen LogP contribution in [0.15, 0.2) is 42.7 Å². The molecule has 0 aliphatic carbocycles. The fraction of sp³-hybridized carbons (Fsp3) is 0.500. The Bertz CT molecular complexity index is 987. The molecule has 3 atom stereocenters. The Morgan fingerprint density at radius 1 is 1.17 bits per heavy atom. The van der Waals surface area contributed by atoms with Gasteiger partial charge in [-0.15, -0.1) is 0 Å². The Kier molecular flexibility index (Phi) is 9.59. The summed E-state index contributed by atoms with van der Waals surface area (Å²) >= 11 is 0. The molecule has 35 heavy (non-hydrogen) atoms. The van der Waals surface area contributed by atoms with Crippen molar-refractivity contribution in [2.24, 2.45) is 5.92 Å². The number of carbonyl (C=O) groups is 2. The SMILES string of the molecule is COCC(=O)Nc1ccc2c(c1)OC[C@H](C)N(Cc1ccncc1)C[C@@H](C)[C@H](OC)CN(C)C2=O. The Hall–Kier alpha value is -3.01. The summed E-state index contributed by atoms with van der Waals surface area (Å²) in [5.41, 5.74) is 2.14. The zero-order chi connectivity index (χ0) is 25.4. The zero-order valence-electron chi connectivity index (χ0n) is 21.2. The van der Waals surface area contributed by atoms with E-state index in [4.69, 9.17) is 14.2 Å². The second-order valence-electron chi connectivity index (χ2n) is 9.07. The number of anilines is 1. The maximum atomic E-state index is 13.3. The molecule has 0 bridgehead atoms. The van der Waals surface area contributed by atoms with Gasteiger partial charge in [-0.2, -0.15) is 0 Å². The lowest BCUT2D eigenvalue weighted by molar-refractivity contribution is -0.119. The van der Waals surface area contributed by atoms with Crippen LogP contribution in [-0.2, 0) is 20.8 Å². The molecule has 0 radical (unpaired) electrons. The van der Waals surface area contributed by atoms with Crippen LogP contribution in [0.25, 0.3) is 0 Å². The number of methoxy groups -OCH3 is 2. The van der Waals surface area contributed by atoms with Crippen LogP contribution < -0.4 is 10.1 Å². The van der Waals surface area contributed by atoms with E-state index in [2.05, 4.69) is 29.0 Å². The van der Waals surface area contributed by atoms with Gasteiger partial charge in [-0.25, -0.2) is 0 Å². The number of fused-ring (bicyclic) bond motifs is 1. The Morgan fingerprint density at radius 2 is 1.91 bits per heavy atom. The highest BCUT2D eigenvalue weighted by Gasteiger charge is 2.28. The fourth-order valence-corrected chi connectivity index (χ4v) is 4.20. The number of likely N-dealkylation sites (N-methyl/N-ethyl adjacent to an activating group) is 1. The Balaban J connectivity index is 1.92. The van der Waals surface area contributed by atoms with Crippen LogP contribution in [-0.4, -0.2) is 86.3 Å². The monoisotopic (exact) mass is 484 g/mol. The number of nitrogens with zero attached hydrogens (tertiary/aromatic N) is 3. The summed E-state index contributed by atoms with van der Waals surface area (Å²) in [7, 11) is 4.92. The van der Waals surface area contributed by atoms with Gasteiger partial charge in [0.25, 0.3) is 5.91 Å². The predicted molar refractivity (Wildman–Crippen MR) is 133 cm³/mol. The van der Waals surface area contributed by atoms with Crippen LogP contribution in [0.3, 0.4) is 0 Å². The molecule has 2 amide bonds. The largest absolute Gasteiger partial charge is 0.491 e. The van der Waals surface area contributed by atoms with Crippen molar-refractivity contribution < 1.29 is 23.8 Å². The molecule has 0 saturated heterocycles. The standard InChI is InChI=1S/C26H36N4O5/c1-18-13-30(14-20-8-10-27-11-9-20)19(2)16-35-23-12-21(28-25(31)17-33-4)6-7-22(23)26(32)29(3)15-24(18)34-5/h6-12,18-19,24H,13-17H2,1-5H3,(H,28,31)/t18-,19+,24-/m1/s1. The van der Waals surface area contributed by atoms with Crippen molar-refractivity contribution in [3.63, 3.8) is 0 Å². The van der Waals surface area contributed by atoms with Crippen molar-refractivity contribution in [1.29, 1.82) is 0 Å². The minimum atomic E-state index is -0.280. The molecular weight excluding hydrogens is 448 g/mol. The highest BCUT2D eigenvalue weighted by Crippen LogP contribution is 2.27. The highest BCUT2D eigenvalue weighted by atomic mass is 16.5. The van der Waals surface area contributed by atoms with Gasteiger partial charge in [-0.3, -0.25) is 19.5 Å². The fourth-order valence-electron chi connectivity index (χ4n) is 4.20. The molecule has 0 spiro atoms.